The number of hydrogen-bond acceptors (Lipinski definition) is 3. The Labute approximate surface area is 142 Å². The molecular formula is C18H26FN3O2. The van der Waals surface area contributed by atoms with E-state index in [4.69, 9.17) is 5.73 Å². The summed E-state index contributed by atoms with van der Waals surface area (Å²) >= 11 is 0. The molecule has 3 N–H and O–H groups in total. The third kappa shape index (κ3) is 4.77. The molecule has 0 aliphatic carbocycles. The van der Waals surface area contributed by atoms with Crippen LogP contribution in [0.15, 0.2) is 12.1 Å². The SMILES string of the molecule is Cc1ccc(CN2CCC[C@@H](CCNC(=O)C(N)=O)C2)c(C)c1F. The summed E-state index contributed by atoms with van der Waals surface area (Å²) in [5, 5.41) is 2.54. The van der Waals surface area contributed by atoms with Crippen molar-refractivity contribution in [3.8, 4) is 0 Å². The van der Waals surface area contributed by atoms with Crippen LogP contribution < -0.4 is 11.1 Å². The number of benzene rings is 1. The van der Waals surface area contributed by atoms with E-state index in [0.29, 0.717) is 18.0 Å². The van der Waals surface area contributed by atoms with E-state index in [1.807, 2.05) is 19.1 Å². The number of carbonyl (C=O) groups is 2. The van der Waals surface area contributed by atoms with Crippen LogP contribution in [0, 0.1) is 25.6 Å². The molecule has 1 aliphatic rings. The summed E-state index contributed by atoms with van der Waals surface area (Å²) in [4.78, 5) is 24.2. The lowest BCUT2D eigenvalue weighted by atomic mass is 9.94. The molecule has 132 valence electrons. The number of rotatable bonds is 5. The molecule has 0 aromatic heterocycles. The van der Waals surface area contributed by atoms with Crippen molar-refractivity contribution < 1.29 is 14.0 Å². The first-order valence-electron chi connectivity index (χ1n) is 8.43. The Balaban J connectivity index is 1.86. The molecule has 2 amide bonds. The third-order valence-corrected chi connectivity index (χ3v) is 4.75. The van der Waals surface area contributed by atoms with Crippen LogP contribution in [0.4, 0.5) is 4.39 Å². The third-order valence-electron chi connectivity index (χ3n) is 4.75. The normalized spacial score (nSPS) is 18.4. The predicted molar refractivity (Wildman–Crippen MR) is 90.7 cm³/mol. The van der Waals surface area contributed by atoms with Gasteiger partial charge in [-0.2, -0.15) is 0 Å². The molecule has 2 rings (SSSR count). The smallest absolute Gasteiger partial charge is 0.309 e. The van der Waals surface area contributed by atoms with Crippen molar-refractivity contribution in [1.82, 2.24) is 10.2 Å². The summed E-state index contributed by atoms with van der Waals surface area (Å²) < 4.78 is 14.0. The number of piperidine rings is 1. The minimum atomic E-state index is -0.947. The zero-order valence-electron chi connectivity index (χ0n) is 14.4. The quantitative estimate of drug-likeness (QED) is 0.804. The van der Waals surface area contributed by atoms with E-state index in [0.717, 1.165) is 50.0 Å². The van der Waals surface area contributed by atoms with Gasteiger partial charge in [0.15, 0.2) is 0 Å². The van der Waals surface area contributed by atoms with Crippen LogP contribution in [0.3, 0.4) is 0 Å². The van der Waals surface area contributed by atoms with Crippen LogP contribution in [-0.2, 0) is 16.1 Å². The van der Waals surface area contributed by atoms with E-state index in [2.05, 4.69) is 10.2 Å². The molecule has 1 aromatic carbocycles. The number of aryl methyl sites for hydroxylation is 1. The van der Waals surface area contributed by atoms with Gasteiger partial charge in [0.25, 0.3) is 0 Å². The minimum Gasteiger partial charge on any atom is -0.361 e. The van der Waals surface area contributed by atoms with Gasteiger partial charge in [0.1, 0.15) is 5.82 Å². The molecule has 1 atom stereocenters. The fraction of sp³-hybridized carbons (Fsp3) is 0.556. The van der Waals surface area contributed by atoms with Gasteiger partial charge in [-0.15, -0.1) is 0 Å². The van der Waals surface area contributed by atoms with Gasteiger partial charge in [-0.05, 0) is 62.3 Å². The van der Waals surface area contributed by atoms with E-state index < -0.39 is 11.8 Å². The van der Waals surface area contributed by atoms with Crippen LogP contribution in [0.2, 0.25) is 0 Å². The molecule has 1 aromatic rings. The van der Waals surface area contributed by atoms with Gasteiger partial charge >= 0.3 is 11.8 Å². The first-order chi connectivity index (χ1) is 11.4. The Hall–Kier alpha value is -1.95. The fourth-order valence-electron chi connectivity index (χ4n) is 3.28. The second kappa shape index (κ2) is 8.24. The number of halogens is 1. The molecule has 1 saturated heterocycles. The summed E-state index contributed by atoms with van der Waals surface area (Å²) in [7, 11) is 0. The molecule has 0 saturated carbocycles. The van der Waals surface area contributed by atoms with E-state index in [1.54, 1.807) is 6.92 Å². The Morgan fingerprint density at radius 1 is 1.38 bits per heavy atom. The molecule has 1 aliphatic heterocycles. The first kappa shape index (κ1) is 18.4. The largest absolute Gasteiger partial charge is 0.361 e. The van der Waals surface area contributed by atoms with Crippen molar-refractivity contribution >= 4 is 11.8 Å². The zero-order valence-corrected chi connectivity index (χ0v) is 14.4. The zero-order chi connectivity index (χ0) is 17.7. The first-order valence-corrected chi connectivity index (χ1v) is 8.43. The molecule has 0 radical (unpaired) electrons. The van der Waals surface area contributed by atoms with Crippen LogP contribution in [0.1, 0.15) is 36.0 Å². The van der Waals surface area contributed by atoms with Crippen LogP contribution >= 0.6 is 0 Å². The second-order valence-electron chi connectivity index (χ2n) is 6.63. The predicted octanol–water partition coefficient (Wildman–Crippen LogP) is 1.65. The molecule has 0 unspecified atom stereocenters. The number of carbonyl (C=O) groups excluding carboxylic acids is 2. The van der Waals surface area contributed by atoms with Crippen LogP contribution in [0.25, 0.3) is 0 Å². The van der Waals surface area contributed by atoms with Gasteiger partial charge in [0.05, 0.1) is 0 Å². The maximum absolute atomic E-state index is 14.0. The Morgan fingerprint density at radius 2 is 2.12 bits per heavy atom. The lowest BCUT2D eigenvalue weighted by Crippen LogP contribution is -2.39. The van der Waals surface area contributed by atoms with E-state index in [1.165, 1.54) is 0 Å². The Bertz CT molecular complexity index is 619. The van der Waals surface area contributed by atoms with Crippen LogP contribution in [0.5, 0.6) is 0 Å². The Kier molecular flexibility index (Phi) is 6.31. The molecule has 24 heavy (non-hydrogen) atoms. The Morgan fingerprint density at radius 3 is 2.83 bits per heavy atom. The second-order valence-corrected chi connectivity index (χ2v) is 6.63. The minimum absolute atomic E-state index is 0.116. The highest BCUT2D eigenvalue weighted by Gasteiger charge is 2.21. The number of primary amides is 1. The number of hydrogen-bond donors (Lipinski definition) is 2. The number of nitrogens with zero attached hydrogens (tertiary/aromatic N) is 1. The lowest BCUT2D eigenvalue weighted by Gasteiger charge is -2.33. The number of nitrogens with one attached hydrogen (secondary N) is 1. The molecule has 1 fully saturated rings. The van der Waals surface area contributed by atoms with Gasteiger partial charge in [0, 0.05) is 19.6 Å². The standard InChI is InChI=1S/C18H26FN3O2/c1-12-5-6-15(13(2)16(12)19)11-22-9-3-4-14(10-22)7-8-21-18(24)17(20)23/h5-6,14H,3-4,7-11H2,1-2H3,(H2,20,23)(H,21,24)/t14-/m0/s1. The van der Waals surface area contributed by atoms with E-state index >= 15 is 0 Å². The maximum Gasteiger partial charge on any atom is 0.309 e. The topological polar surface area (TPSA) is 75.4 Å². The van der Waals surface area contributed by atoms with Crippen molar-refractivity contribution in [2.45, 2.75) is 39.7 Å². The monoisotopic (exact) mass is 335 g/mol. The van der Waals surface area contributed by atoms with Gasteiger partial charge in [-0.25, -0.2) is 4.39 Å². The van der Waals surface area contributed by atoms with Crippen molar-refractivity contribution in [3.63, 3.8) is 0 Å². The summed E-state index contributed by atoms with van der Waals surface area (Å²) in [6, 6.07) is 3.84. The molecular weight excluding hydrogens is 309 g/mol. The van der Waals surface area contributed by atoms with Crippen molar-refractivity contribution in [2.75, 3.05) is 19.6 Å². The summed E-state index contributed by atoms with van der Waals surface area (Å²) in [6.45, 7) is 6.73. The summed E-state index contributed by atoms with van der Waals surface area (Å²) in [5.41, 5.74) is 7.35. The molecule has 1 heterocycles. The van der Waals surface area contributed by atoms with Crippen molar-refractivity contribution in [2.24, 2.45) is 11.7 Å². The lowest BCUT2D eigenvalue weighted by molar-refractivity contribution is -0.137. The van der Waals surface area contributed by atoms with Crippen molar-refractivity contribution in [3.05, 3.63) is 34.6 Å². The van der Waals surface area contributed by atoms with E-state index in [9.17, 15) is 14.0 Å². The maximum atomic E-state index is 14.0. The average molecular weight is 335 g/mol. The number of amides is 2. The van der Waals surface area contributed by atoms with Crippen LogP contribution in [-0.4, -0.2) is 36.3 Å². The van der Waals surface area contributed by atoms with Crippen molar-refractivity contribution in [1.29, 1.82) is 0 Å². The number of likely N-dealkylation sites (tertiary alicyclic amines) is 1. The highest BCUT2D eigenvalue weighted by atomic mass is 19.1. The van der Waals surface area contributed by atoms with Gasteiger partial charge in [0.2, 0.25) is 0 Å². The highest BCUT2D eigenvalue weighted by molar-refractivity contribution is 6.34. The molecule has 0 bridgehead atoms. The molecule has 0 spiro atoms. The van der Waals surface area contributed by atoms with Gasteiger partial charge in [-0.1, -0.05) is 12.1 Å². The molecule has 5 nitrogen and oxygen atoms in total. The van der Waals surface area contributed by atoms with E-state index in [-0.39, 0.29) is 5.82 Å². The summed E-state index contributed by atoms with van der Waals surface area (Å²) in [5.74, 6) is -1.33. The average Bonchev–Trinajstić information content (AvgIpc) is 2.55. The van der Waals surface area contributed by atoms with Gasteiger partial charge in [-0.3, -0.25) is 14.5 Å². The molecule has 6 heteroatoms. The highest BCUT2D eigenvalue weighted by Crippen LogP contribution is 2.23. The van der Waals surface area contributed by atoms with Gasteiger partial charge < -0.3 is 11.1 Å². The number of nitrogens with two attached hydrogens (primary N) is 1. The fourth-order valence-corrected chi connectivity index (χ4v) is 3.28. The summed E-state index contributed by atoms with van der Waals surface area (Å²) in [6.07, 6.45) is 3.00.